The predicted molar refractivity (Wildman–Crippen MR) is 123 cm³/mol. The van der Waals surface area contributed by atoms with E-state index in [0.717, 1.165) is 15.5 Å². The van der Waals surface area contributed by atoms with Crippen molar-refractivity contribution in [3.05, 3.63) is 74.9 Å². The lowest BCUT2D eigenvalue weighted by atomic mass is 10.2. The number of ether oxygens (including phenoxy) is 1. The van der Waals surface area contributed by atoms with Crippen molar-refractivity contribution in [3.63, 3.8) is 0 Å². The zero-order valence-electron chi connectivity index (χ0n) is 16.0. The van der Waals surface area contributed by atoms with Gasteiger partial charge in [-0.15, -0.1) is 11.3 Å². The van der Waals surface area contributed by atoms with Gasteiger partial charge >= 0.3 is 6.61 Å². The van der Waals surface area contributed by atoms with Gasteiger partial charge in [-0.05, 0) is 64.5 Å². The zero-order chi connectivity index (χ0) is 22.7. The summed E-state index contributed by atoms with van der Waals surface area (Å²) in [5.74, 6) is -0.0616. The van der Waals surface area contributed by atoms with E-state index in [2.05, 4.69) is 25.7 Å². The van der Waals surface area contributed by atoms with Crippen LogP contribution in [0.5, 0.6) is 5.75 Å². The molecule has 6 nitrogen and oxygen atoms in total. The van der Waals surface area contributed by atoms with E-state index in [1.54, 1.807) is 24.3 Å². The van der Waals surface area contributed by atoms with Crippen LogP contribution in [0.2, 0.25) is 0 Å². The number of carbonyl (C=O) groups is 2. The van der Waals surface area contributed by atoms with Crippen molar-refractivity contribution in [1.29, 1.82) is 0 Å². The first-order chi connectivity index (χ1) is 15.4. The molecule has 1 aromatic carbocycles. The van der Waals surface area contributed by atoms with Gasteiger partial charge in [0.15, 0.2) is 11.0 Å². The molecule has 0 unspecified atom stereocenters. The fourth-order valence-corrected chi connectivity index (χ4v) is 5.08. The summed E-state index contributed by atoms with van der Waals surface area (Å²) >= 11 is 5.76. The smallest absolute Gasteiger partial charge is 0.387 e. The first-order valence-electron chi connectivity index (χ1n) is 9.05. The maximum Gasteiger partial charge on any atom is 0.387 e. The Labute approximate surface area is 197 Å². The molecular weight excluding hydrogens is 526 g/mol. The minimum atomic E-state index is -2.95. The van der Waals surface area contributed by atoms with E-state index in [4.69, 9.17) is 4.42 Å². The highest BCUT2D eigenvalue weighted by molar-refractivity contribution is 9.11. The molecule has 32 heavy (non-hydrogen) atoms. The molecule has 0 N–H and O–H groups in total. The summed E-state index contributed by atoms with van der Waals surface area (Å²) in [4.78, 5) is 31.9. The average Bonchev–Trinajstić information content (AvgIpc) is 3.49. The lowest BCUT2D eigenvalue weighted by molar-refractivity contribution is -0.113. The van der Waals surface area contributed by atoms with Crippen LogP contribution >= 0.6 is 39.0 Å². The van der Waals surface area contributed by atoms with Crippen LogP contribution in [-0.4, -0.2) is 29.2 Å². The number of nitrogens with zero attached hydrogens (tertiary/aromatic N) is 2. The summed E-state index contributed by atoms with van der Waals surface area (Å²) in [6.07, 6.45) is 2.97. The molecule has 0 spiro atoms. The molecule has 1 aliphatic heterocycles. The lowest BCUT2D eigenvalue weighted by Gasteiger charge is -2.18. The van der Waals surface area contributed by atoms with Gasteiger partial charge in [-0.2, -0.15) is 8.78 Å². The maximum atomic E-state index is 13.1. The van der Waals surface area contributed by atoms with E-state index < -0.39 is 12.5 Å². The van der Waals surface area contributed by atoms with E-state index in [1.165, 1.54) is 52.8 Å². The van der Waals surface area contributed by atoms with Crippen LogP contribution in [0.4, 0.5) is 14.5 Å². The molecule has 0 bridgehead atoms. The first kappa shape index (κ1) is 22.4. The number of Topliss-reactive ketones (excluding diaryl/α,β-unsaturated/α-hetero) is 1. The van der Waals surface area contributed by atoms with Gasteiger partial charge in [0.2, 0.25) is 0 Å². The van der Waals surface area contributed by atoms with Gasteiger partial charge < -0.3 is 9.15 Å². The third-order valence-corrected chi connectivity index (χ3v) is 6.76. The number of ketones is 1. The maximum absolute atomic E-state index is 13.1. The fraction of sp³-hybridized carbons (Fsp3) is 0.0952. The number of halogens is 3. The van der Waals surface area contributed by atoms with Crippen LogP contribution in [0.1, 0.15) is 15.4 Å². The van der Waals surface area contributed by atoms with Gasteiger partial charge in [0.25, 0.3) is 5.91 Å². The SMILES string of the molecule is O=C(CSC1=N/C(=C\c2ccco2)C(=O)N1c1ccc(OC(F)F)cc1)c1ccc(Br)s1. The number of rotatable bonds is 7. The zero-order valence-corrected chi connectivity index (χ0v) is 19.3. The third kappa shape index (κ3) is 5.17. The number of alkyl halides is 2. The molecule has 3 aromatic rings. The highest BCUT2D eigenvalue weighted by Gasteiger charge is 2.33. The van der Waals surface area contributed by atoms with Crippen molar-refractivity contribution in [3.8, 4) is 5.75 Å². The van der Waals surface area contributed by atoms with Crippen LogP contribution in [0.25, 0.3) is 6.08 Å². The fourth-order valence-electron chi connectivity index (χ4n) is 2.77. The molecule has 0 saturated carbocycles. The molecule has 11 heteroatoms. The number of hydrogen-bond donors (Lipinski definition) is 0. The number of carbonyl (C=O) groups excluding carboxylic acids is 2. The first-order valence-corrected chi connectivity index (χ1v) is 11.6. The molecular formula is C21H13BrF2N2O4S2. The second kappa shape index (κ2) is 9.80. The molecule has 0 radical (unpaired) electrons. The molecule has 2 aromatic heterocycles. The second-order valence-electron chi connectivity index (χ2n) is 6.27. The van der Waals surface area contributed by atoms with Gasteiger partial charge in [-0.25, -0.2) is 4.99 Å². The van der Waals surface area contributed by atoms with Crippen LogP contribution in [0, 0.1) is 0 Å². The minimum Gasteiger partial charge on any atom is -0.465 e. The van der Waals surface area contributed by atoms with Crippen molar-refractivity contribution in [2.24, 2.45) is 4.99 Å². The van der Waals surface area contributed by atoms with Gasteiger partial charge in [0.05, 0.1) is 26.4 Å². The number of furan rings is 1. The summed E-state index contributed by atoms with van der Waals surface area (Å²) in [6, 6.07) is 12.5. The van der Waals surface area contributed by atoms with Gasteiger partial charge in [-0.3, -0.25) is 14.5 Å². The van der Waals surface area contributed by atoms with Crippen molar-refractivity contribution in [1.82, 2.24) is 0 Å². The van der Waals surface area contributed by atoms with Gasteiger partial charge in [0, 0.05) is 6.08 Å². The quantitative estimate of drug-likeness (QED) is 0.270. The number of aliphatic imine (C=N–C) groups is 1. The van der Waals surface area contributed by atoms with Crippen LogP contribution in [0.3, 0.4) is 0 Å². The predicted octanol–water partition coefficient (Wildman–Crippen LogP) is 6.06. The lowest BCUT2D eigenvalue weighted by Crippen LogP contribution is -2.30. The normalized spacial score (nSPS) is 15.0. The standard InChI is InChI=1S/C21H13BrF2N2O4S2/c22-18-8-7-17(32-18)16(27)11-31-21-25-15(10-14-2-1-9-29-14)19(28)26(21)12-3-5-13(6-4-12)30-20(23)24/h1-10,20H,11H2/b15-10-. The summed E-state index contributed by atoms with van der Waals surface area (Å²) < 4.78 is 35.3. The van der Waals surface area contributed by atoms with Gasteiger partial charge in [0.1, 0.15) is 17.2 Å². The van der Waals surface area contributed by atoms with E-state index in [0.29, 0.717) is 21.5 Å². The Hall–Kier alpha value is -2.76. The molecule has 0 fully saturated rings. The summed E-state index contributed by atoms with van der Waals surface area (Å²) in [7, 11) is 0. The molecule has 0 atom stereocenters. The summed E-state index contributed by atoms with van der Waals surface area (Å²) in [5.41, 5.74) is 0.527. The minimum absolute atomic E-state index is 0.0358. The second-order valence-corrected chi connectivity index (χ2v) is 9.67. The summed E-state index contributed by atoms with van der Waals surface area (Å²) in [6.45, 7) is -2.95. The van der Waals surface area contributed by atoms with Crippen molar-refractivity contribution in [2.45, 2.75) is 6.61 Å². The van der Waals surface area contributed by atoms with Crippen LogP contribution in [0.15, 0.2) is 73.7 Å². The highest BCUT2D eigenvalue weighted by Crippen LogP contribution is 2.32. The molecule has 164 valence electrons. The van der Waals surface area contributed by atoms with Crippen molar-refractivity contribution >= 4 is 67.7 Å². The Balaban J connectivity index is 1.59. The highest BCUT2D eigenvalue weighted by atomic mass is 79.9. The molecule has 0 saturated heterocycles. The van der Waals surface area contributed by atoms with Crippen molar-refractivity contribution in [2.75, 3.05) is 10.7 Å². The summed E-state index contributed by atoms with van der Waals surface area (Å²) in [5, 5.41) is 0.291. The molecule has 1 amide bonds. The largest absolute Gasteiger partial charge is 0.465 e. The molecule has 3 heterocycles. The number of amidine groups is 1. The number of anilines is 1. The number of benzene rings is 1. The Morgan fingerprint density at radius 3 is 2.66 bits per heavy atom. The topological polar surface area (TPSA) is 72.1 Å². The Morgan fingerprint density at radius 2 is 2.03 bits per heavy atom. The Kier molecular flexibility index (Phi) is 6.87. The van der Waals surface area contributed by atoms with E-state index in [-0.39, 0.29) is 23.0 Å². The van der Waals surface area contributed by atoms with E-state index in [9.17, 15) is 18.4 Å². The average molecular weight is 539 g/mol. The van der Waals surface area contributed by atoms with Crippen LogP contribution < -0.4 is 9.64 Å². The number of thiophene rings is 1. The van der Waals surface area contributed by atoms with Crippen LogP contribution in [-0.2, 0) is 4.79 Å². The Bertz CT molecular complexity index is 1190. The number of hydrogen-bond acceptors (Lipinski definition) is 7. The Morgan fingerprint density at radius 1 is 1.25 bits per heavy atom. The molecule has 4 rings (SSSR count). The molecule has 1 aliphatic rings. The van der Waals surface area contributed by atoms with Gasteiger partial charge in [-0.1, -0.05) is 11.8 Å². The molecule has 0 aliphatic carbocycles. The monoisotopic (exact) mass is 538 g/mol. The van der Waals surface area contributed by atoms with Crippen molar-refractivity contribution < 1.29 is 27.5 Å². The number of amides is 1. The third-order valence-electron chi connectivity index (χ3n) is 4.15. The van der Waals surface area contributed by atoms with E-state index in [1.807, 2.05) is 0 Å². The van der Waals surface area contributed by atoms with E-state index >= 15 is 0 Å². The number of thioether (sulfide) groups is 1.